The maximum atomic E-state index is 5.31. The van der Waals surface area contributed by atoms with Crippen molar-refractivity contribution in [2.24, 2.45) is 0 Å². The van der Waals surface area contributed by atoms with Crippen molar-refractivity contribution in [1.82, 2.24) is 0 Å². The molecule has 0 saturated carbocycles. The molecule has 1 aliphatic carbocycles. The van der Waals surface area contributed by atoms with Crippen molar-refractivity contribution in [3.8, 4) is 23.3 Å². The topological polar surface area (TPSA) is 18.5 Å². The fourth-order valence-electron chi connectivity index (χ4n) is 2.08. The van der Waals surface area contributed by atoms with Gasteiger partial charge in [0.15, 0.2) is 11.5 Å². The highest BCUT2D eigenvalue weighted by molar-refractivity contribution is 5.67. The van der Waals surface area contributed by atoms with E-state index in [4.69, 9.17) is 9.47 Å². The second kappa shape index (κ2) is 4.97. The van der Waals surface area contributed by atoms with Gasteiger partial charge in [0.1, 0.15) is 0 Å². The average molecular weight is 228 g/mol. The van der Waals surface area contributed by atoms with E-state index in [1.54, 1.807) is 14.2 Å². The predicted octanol–water partition coefficient (Wildman–Crippen LogP) is 3.06. The maximum Gasteiger partial charge on any atom is 0.161 e. The van der Waals surface area contributed by atoms with Crippen LogP contribution in [0.4, 0.5) is 0 Å². The molecular weight excluding hydrogens is 212 g/mol. The zero-order chi connectivity index (χ0) is 12.3. The number of fused-ring (bicyclic) bond motifs is 1. The van der Waals surface area contributed by atoms with Crippen molar-refractivity contribution in [1.29, 1.82) is 0 Å². The first-order valence-corrected chi connectivity index (χ1v) is 5.66. The fraction of sp³-hybridized carbons (Fsp3) is 0.333. The molecule has 0 unspecified atom stereocenters. The van der Waals surface area contributed by atoms with Gasteiger partial charge in [0.05, 0.1) is 14.2 Å². The van der Waals surface area contributed by atoms with Crippen molar-refractivity contribution in [3.63, 3.8) is 0 Å². The quantitative estimate of drug-likeness (QED) is 0.724. The third-order valence-electron chi connectivity index (χ3n) is 2.92. The van der Waals surface area contributed by atoms with Crippen molar-refractivity contribution < 1.29 is 9.47 Å². The van der Waals surface area contributed by atoms with Crippen LogP contribution in [-0.4, -0.2) is 14.2 Å². The van der Waals surface area contributed by atoms with Gasteiger partial charge in [-0.25, -0.2) is 0 Å². The minimum atomic E-state index is 0.771. The van der Waals surface area contributed by atoms with E-state index in [9.17, 15) is 0 Å². The molecule has 0 fully saturated rings. The smallest absolute Gasteiger partial charge is 0.161 e. The molecule has 0 radical (unpaired) electrons. The van der Waals surface area contributed by atoms with Gasteiger partial charge in [0.2, 0.25) is 0 Å². The standard InChI is InChI=1S/C15H16O2/c1-4-5-11-6-7-12-9-14(16-2)15(17-3)10-13(12)8-11/h8-10H,6-7H2,1-3H3. The summed E-state index contributed by atoms with van der Waals surface area (Å²) >= 11 is 0. The first-order chi connectivity index (χ1) is 8.28. The highest BCUT2D eigenvalue weighted by Crippen LogP contribution is 2.34. The normalized spacial score (nSPS) is 13.0. The Balaban J connectivity index is 2.47. The van der Waals surface area contributed by atoms with Gasteiger partial charge < -0.3 is 9.47 Å². The van der Waals surface area contributed by atoms with Crippen LogP contribution in [0.1, 0.15) is 24.5 Å². The van der Waals surface area contributed by atoms with Gasteiger partial charge in [-0.15, -0.1) is 5.92 Å². The van der Waals surface area contributed by atoms with Crippen LogP contribution < -0.4 is 9.47 Å². The Bertz CT molecular complexity index is 516. The van der Waals surface area contributed by atoms with E-state index in [1.165, 1.54) is 16.7 Å². The van der Waals surface area contributed by atoms with Gasteiger partial charge in [-0.2, -0.15) is 0 Å². The molecule has 0 N–H and O–H groups in total. The molecule has 2 rings (SSSR count). The van der Waals surface area contributed by atoms with Gasteiger partial charge >= 0.3 is 0 Å². The van der Waals surface area contributed by atoms with E-state index in [-0.39, 0.29) is 0 Å². The summed E-state index contributed by atoms with van der Waals surface area (Å²) < 4.78 is 10.6. The molecule has 2 heteroatoms. The van der Waals surface area contributed by atoms with Crippen LogP contribution in [0.3, 0.4) is 0 Å². The molecule has 1 aromatic rings. The Morgan fingerprint density at radius 2 is 1.76 bits per heavy atom. The van der Waals surface area contributed by atoms with E-state index < -0.39 is 0 Å². The first-order valence-electron chi connectivity index (χ1n) is 5.66. The number of hydrogen-bond acceptors (Lipinski definition) is 2. The lowest BCUT2D eigenvalue weighted by atomic mass is 9.92. The Morgan fingerprint density at radius 1 is 1.06 bits per heavy atom. The summed E-state index contributed by atoms with van der Waals surface area (Å²) in [6.45, 7) is 1.87. The summed E-state index contributed by atoms with van der Waals surface area (Å²) in [5, 5.41) is 0. The molecule has 17 heavy (non-hydrogen) atoms. The fourth-order valence-corrected chi connectivity index (χ4v) is 2.08. The van der Waals surface area contributed by atoms with Gasteiger partial charge in [-0.05, 0) is 49.1 Å². The van der Waals surface area contributed by atoms with Crippen molar-refractivity contribution >= 4 is 6.08 Å². The maximum absolute atomic E-state index is 5.31. The van der Waals surface area contributed by atoms with Crippen LogP contribution in [0.2, 0.25) is 0 Å². The van der Waals surface area contributed by atoms with Gasteiger partial charge in [0, 0.05) is 5.57 Å². The van der Waals surface area contributed by atoms with Crippen LogP contribution in [-0.2, 0) is 6.42 Å². The van der Waals surface area contributed by atoms with Gasteiger partial charge in [-0.3, -0.25) is 0 Å². The molecule has 0 aromatic heterocycles. The number of methoxy groups -OCH3 is 2. The number of benzene rings is 1. The number of rotatable bonds is 2. The molecule has 0 aliphatic heterocycles. The van der Waals surface area contributed by atoms with Crippen LogP contribution in [0.25, 0.3) is 6.08 Å². The molecule has 0 spiro atoms. The van der Waals surface area contributed by atoms with Crippen molar-refractivity contribution in [2.75, 3.05) is 14.2 Å². The lowest BCUT2D eigenvalue weighted by Gasteiger charge is -2.16. The van der Waals surface area contributed by atoms with Crippen LogP contribution >= 0.6 is 0 Å². The molecule has 2 nitrogen and oxygen atoms in total. The molecule has 1 aromatic carbocycles. The molecule has 0 atom stereocenters. The van der Waals surface area contributed by atoms with Crippen molar-refractivity contribution in [3.05, 3.63) is 28.8 Å². The summed E-state index contributed by atoms with van der Waals surface area (Å²) in [6.07, 6.45) is 4.15. The number of aryl methyl sites for hydroxylation is 1. The van der Waals surface area contributed by atoms with E-state index >= 15 is 0 Å². The highest BCUT2D eigenvalue weighted by Gasteiger charge is 2.14. The van der Waals surface area contributed by atoms with E-state index in [2.05, 4.69) is 24.0 Å². The Hall–Kier alpha value is -1.88. The zero-order valence-electron chi connectivity index (χ0n) is 10.5. The van der Waals surface area contributed by atoms with E-state index in [0.717, 1.165) is 24.3 Å². The molecule has 0 amide bonds. The lowest BCUT2D eigenvalue weighted by molar-refractivity contribution is 0.354. The first kappa shape index (κ1) is 11.6. The van der Waals surface area contributed by atoms with E-state index in [0.29, 0.717) is 0 Å². The monoisotopic (exact) mass is 228 g/mol. The summed E-state index contributed by atoms with van der Waals surface area (Å²) in [4.78, 5) is 0. The molecule has 88 valence electrons. The molecule has 0 heterocycles. The van der Waals surface area contributed by atoms with Crippen molar-refractivity contribution in [2.45, 2.75) is 19.8 Å². The van der Waals surface area contributed by atoms with Crippen LogP contribution in [0, 0.1) is 11.8 Å². The second-order valence-corrected chi connectivity index (χ2v) is 3.95. The van der Waals surface area contributed by atoms with Gasteiger partial charge in [-0.1, -0.05) is 5.92 Å². The predicted molar refractivity (Wildman–Crippen MR) is 69.3 cm³/mol. The number of hydrogen-bond donors (Lipinski definition) is 0. The third-order valence-corrected chi connectivity index (χ3v) is 2.92. The summed E-state index contributed by atoms with van der Waals surface area (Å²) in [5.74, 6) is 7.64. The number of ether oxygens (including phenoxy) is 2. The van der Waals surface area contributed by atoms with Gasteiger partial charge in [0.25, 0.3) is 0 Å². The minimum Gasteiger partial charge on any atom is -0.493 e. The Kier molecular flexibility index (Phi) is 3.39. The second-order valence-electron chi connectivity index (χ2n) is 3.95. The largest absolute Gasteiger partial charge is 0.493 e. The minimum absolute atomic E-state index is 0.771. The average Bonchev–Trinajstić information content (AvgIpc) is 2.37. The molecule has 0 saturated heterocycles. The SMILES string of the molecule is CC#CC1=Cc2cc(OC)c(OC)cc2CC1. The highest BCUT2D eigenvalue weighted by atomic mass is 16.5. The van der Waals surface area contributed by atoms with Crippen LogP contribution in [0.15, 0.2) is 17.7 Å². The zero-order valence-corrected chi connectivity index (χ0v) is 10.5. The van der Waals surface area contributed by atoms with E-state index in [1.807, 2.05) is 13.0 Å². The summed E-state index contributed by atoms with van der Waals surface area (Å²) in [6, 6.07) is 4.07. The Labute approximate surface area is 102 Å². The van der Waals surface area contributed by atoms with Crippen LogP contribution in [0.5, 0.6) is 11.5 Å². The number of allylic oxidation sites excluding steroid dienone is 1. The summed E-state index contributed by atoms with van der Waals surface area (Å²) in [7, 11) is 3.32. The Morgan fingerprint density at radius 3 is 2.41 bits per heavy atom. The summed E-state index contributed by atoms with van der Waals surface area (Å²) in [5.41, 5.74) is 3.67. The third kappa shape index (κ3) is 2.29. The molecule has 0 bridgehead atoms. The lowest BCUT2D eigenvalue weighted by Crippen LogP contribution is -2.01. The molecule has 1 aliphatic rings. The molecular formula is C15H16O2.